The SMILES string of the molecule is CCCCCOc1ccc(C2C(C(=O)c3ccco3)=C(O)C(=O)N2CCCOC)cc1OCC. The Balaban J connectivity index is 1.98. The Hall–Kier alpha value is -3.26. The maximum absolute atomic E-state index is 13.2. The Morgan fingerprint density at radius 2 is 1.91 bits per heavy atom. The van der Waals surface area contributed by atoms with Crippen LogP contribution in [-0.2, 0) is 9.53 Å². The number of rotatable bonds is 14. The number of ether oxygens (including phenoxy) is 3. The highest BCUT2D eigenvalue weighted by Crippen LogP contribution is 2.42. The molecule has 2 aromatic rings. The summed E-state index contributed by atoms with van der Waals surface area (Å²) in [5, 5.41) is 10.7. The van der Waals surface area contributed by atoms with Gasteiger partial charge in [-0.3, -0.25) is 9.59 Å². The fourth-order valence-corrected chi connectivity index (χ4v) is 4.00. The number of ketones is 1. The standard InChI is InChI=1S/C26H33NO7/c1-4-6-7-15-33-19-12-11-18(17-21(19)32-5-2)23-22(24(28)20-10-8-16-34-20)25(29)26(30)27(23)13-9-14-31-3/h8,10-12,16-17,23,29H,4-7,9,13-15H2,1-3H3. The van der Waals surface area contributed by atoms with Gasteiger partial charge in [0, 0.05) is 20.3 Å². The zero-order valence-corrected chi connectivity index (χ0v) is 20.0. The largest absolute Gasteiger partial charge is 0.503 e. The number of aliphatic hydroxyl groups is 1. The van der Waals surface area contributed by atoms with Crippen molar-refractivity contribution in [1.82, 2.24) is 4.90 Å². The first-order chi connectivity index (χ1) is 16.5. The zero-order valence-electron chi connectivity index (χ0n) is 20.0. The summed E-state index contributed by atoms with van der Waals surface area (Å²) in [6.45, 7) is 5.74. The van der Waals surface area contributed by atoms with Gasteiger partial charge in [-0.05, 0) is 49.6 Å². The van der Waals surface area contributed by atoms with Crippen LogP contribution in [0.2, 0.25) is 0 Å². The number of Topliss-reactive ketones (excluding diaryl/α,β-unsaturated/α-hetero) is 1. The molecule has 8 nitrogen and oxygen atoms in total. The van der Waals surface area contributed by atoms with E-state index in [4.69, 9.17) is 18.6 Å². The monoisotopic (exact) mass is 471 g/mol. The quantitative estimate of drug-likeness (QED) is 0.310. The van der Waals surface area contributed by atoms with Crippen LogP contribution in [0.5, 0.6) is 11.5 Å². The van der Waals surface area contributed by atoms with E-state index in [0.29, 0.717) is 49.8 Å². The van der Waals surface area contributed by atoms with Crippen LogP contribution in [0.1, 0.15) is 61.7 Å². The predicted octanol–water partition coefficient (Wildman–Crippen LogP) is 4.86. The molecule has 34 heavy (non-hydrogen) atoms. The van der Waals surface area contributed by atoms with Gasteiger partial charge in [0.2, 0.25) is 5.78 Å². The topological polar surface area (TPSA) is 98.4 Å². The molecule has 1 amide bonds. The maximum atomic E-state index is 13.2. The molecule has 1 aliphatic rings. The van der Waals surface area contributed by atoms with Gasteiger partial charge in [-0.25, -0.2) is 0 Å². The normalized spacial score (nSPS) is 15.8. The minimum atomic E-state index is -0.796. The molecule has 1 N–H and O–H groups in total. The molecule has 3 rings (SSSR count). The van der Waals surface area contributed by atoms with E-state index in [1.807, 2.05) is 6.92 Å². The third kappa shape index (κ3) is 5.62. The van der Waals surface area contributed by atoms with E-state index in [2.05, 4.69) is 6.92 Å². The number of carbonyl (C=O) groups excluding carboxylic acids is 2. The number of hydrogen-bond donors (Lipinski definition) is 1. The summed E-state index contributed by atoms with van der Waals surface area (Å²) in [5.41, 5.74) is 0.616. The molecular formula is C26H33NO7. The number of aliphatic hydroxyl groups excluding tert-OH is 1. The third-order valence-corrected chi connectivity index (χ3v) is 5.63. The molecule has 1 aliphatic heterocycles. The van der Waals surface area contributed by atoms with Gasteiger partial charge in [-0.15, -0.1) is 0 Å². The second-order valence-electron chi connectivity index (χ2n) is 8.01. The van der Waals surface area contributed by atoms with Crippen molar-refractivity contribution >= 4 is 11.7 Å². The van der Waals surface area contributed by atoms with E-state index in [9.17, 15) is 14.7 Å². The van der Waals surface area contributed by atoms with Crippen molar-refractivity contribution in [3.05, 3.63) is 59.3 Å². The molecule has 0 radical (unpaired) electrons. The molecule has 1 aromatic heterocycles. The Bertz CT molecular complexity index is 997. The summed E-state index contributed by atoms with van der Waals surface area (Å²) in [4.78, 5) is 27.7. The Kier molecular flexibility index (Phi) is 9.16. The molecule has 184 valence electrons. The summed E-state index contributed by atoms with van der Waals surface area (Å²) >= 11 is 0. The van der Waals surface area contributed by atoms with Crippen molar-refractivity contribution in [2.24, 2.45) is 0 Å². The second-order valence-corrected chi connectivity index (χ2v) is 8.01. The molecule has 0 aliphatic carbocycles. The molecule has 0 bridgehead atoms. The lowest BCUT2D eigenvalue weighted by Crippen LogP contribution is -2.32. The number of unbranched alkanes of at least 4 members (excludes halogenated alkanes) is 2. The summed E-state index contributed by atoms with van der Waals surface area (Å²) < 4.78 is 22.1. The highest BCUT2D eigenvalue weighted by atomic mass is 16.5. The van der Waals surface area contributed by atoms with Crippen molar-refractivity contribution < 1.29 is 33.3 Å². The summed E-state index contributed by atoms with van der Waals surface area (Å²) in [6.07, 6.45) is 5.03. The lowest BCUT2D eigenvalue weighted by Gasteiger charge is -2.27. The predicted molar refractivity (Wildman–Crippen MR) is 126 cm³/mol. The first-order valence-electron chi connectivity index (χ1n) is 11.7. The first-order valence-corrected chi connectivity index (χ1v) is 11.7. The van der Waals surface area contributed by atoms with E-state index in [0.717, 1.165) is 19.3 Å². The number of amides is 1. The summed E-state index contributed by atoms with van der Waals surface area (Å²) in [5.74, 6) is -0.525. The molecule has 0 saturated carbocycles. The Labute approximate surface area is 200 Å². The van der Waals surface area contributed by atoms with Gasteiger partial charge in [-0.2, -0.15) is 0 Å². The molecule has 1 unspecified atom stereocenters. The second kappa shape index (κ2) is 12.3. The van der Waals surface area contributed by atoms with Crippen molar-refractivity contribution in [3.63, 3.8) is 0 Å². The molecular weight excluding hydrogens is 438 g/mol. The average molecular weight is 472 g/mol. The van der Waals surface area contributed by atoms with Crippen molar-refractivity contribution in [2.75, 3.05) is 33.5 Å². The van der Waals surface area contributed by atoms with E-state index < -0.39 is 23.5 Å². The fraction of sp³-hybridized carbons (Fsp3) is 0.462. The van der Waals surface area contributed by atoms with Crippen LogP contribution >= 0.6 is 0 Å². The van der Waals surface area contributed by atoms with E-state index in [-0.39, 0.29) is 11.3 Å². The number of carbonyl (C=O) groups is 2. The molecule has 1 atom stereocenters. The lowest BCUT2D eigenvalue weighted by molar-refractivity contribution is -0.129. The Morgan fingerprint density at radius 1 is 1.09 bits per heavy atom. The van der Waals surface area contributed by atoms with Crippen molar-refractivity contribution in [1.29, 1.82) is 0 Å². The van der Waals surface area contributed by atoms with E-state index >= 15 is 0 Å². The minimum absolute atomic E-state index is 0.0172. The van der Waals surface area contributed by atoms with Crippen LogP contribution in [0.4, 0.5) is 0 Å². The molecule has 8 heteroatoms. The van der Waals surface area contributed by atoms with Crippen LogP contribution in [0.3, 0.4) is 0 Å². The number of nitrogens with zero attached hydrogens (tertiary/aromatic N) is 1. The summed E-state index contributed by atoms with van der Waals surface area (Å²) in [6, 6.07) is 7.66. The van der Waals surface area contributed by atoms with Crippen LogP contribution < -0.4 is 9.47 Å². The van der Waals surface area contributed by atoms with Crippen LogP contribution in [0.15, 0.2) is 52.3 Å². The van der Waals surface area contributed by atoms with Gasteiger partial charge in [0.25, 0.3) is 5.91 Å². The van der Waals surface area contributed by atoms with Crippen LogP contribution in [0, 0.1) is 0 Å². The van der Waals surface area contributed by atoms with Crippen LogP contribution in [0.25, 0.3) is 0 Å². The molecule has 1 aromatic carbocycles. The first kappa shape index (κ1) is 25.4. The van der Waals surface area contributed by atoms with Gasteiger partial charge in [-0.1, -0.05) is 25.8 Å². The number of furan rings is 1. The van der Waals surface area contributed by atoms with Gasteiger partial charge >= 0.3 is 0 Å². The molecule has 0 fully saturated rings. The zero-order chi connectivity index (χ0) is 24.5. The van der Waals surface area contributed by atoms with Gasteiger partial charge < -0.3 is 28.6 Å². The number of benzene rings is 1. The Morgan fingerprint density at radius 3 is 2.59 bits per heavy atom. The van der Waals surface area contributed by atoms with Gasteiger partial charge in [0.1, 0.15) is 0 Å². The lowest BCUT2D eigenvalue weighted by atomic mass is 9.94. The fourth-order valence-electron chi connectivity index (χ4n) is 4.00. The van der Waals surface area contributed by atoms with Gasteiger partial charge in [0.05, 0.1) is 31.1 Å². The van der Waals surface area contributed by atoms with Crippen LogP contribution in [-0.4, -0.2) is 55.2 Å². The highest BCUT2D eigenvalue weighted by Gasteiger charge is 2.44. The molecule has 2 heterocycles. The highest BCUT2D eigenvalue weighted by molar-refractivity contribution is 6.15. The van der Waals surface area contributed by atoms with Crippen molar-refractivity contribution in [3.8, 4) is 11.5 Å². The third-order valence-electron chi connectivity index (χ3n) is 5.63. The maximum Gasteiger partial charge on any atom is 0.290 e. The molecule has 0 saturated heterocycles. The van der Waals surface area contributed by atoms with Gasteiger partial charge in [0.15, 0.2) is 23.0 Å². The minimum Gasteiger partial charge on any atom is -0.503 e. The molecule has 0 spiro atoms. The average Bonchev–Trinajstić information content (AvgIpc) is 3.46. The summed E-state index contributed by atoms with van der Waals surface area (Å²) in [7, 11) is 1.58. The number of methoxy groups -OCH3 is 1. The van der Waals surface area contributed by atoms with E-state index in [1.165, 1.54) is 17.2 Å². The van der Waals surface area contributed by atoms with E-state index in [1.54, 1.807) is 31.4 Å². The smallest absolute Gasteiger partial charge is 0.290 e. The van der Waals surface area contributed by atoms with Crippen molar-refractivity contribution in [2.45, 2.75) is 45.6 Å². The number of hydrogen-bond acceptors (Lipinski definition) is 7.